The Morgan fingerprint density at radius 3 is 2.20 bits per heavy atom. The molecule has 0 saturated carbocycles. The highest BCUT2D eigenvalue weighted by atomic mass is 35.5. The number of rotatable bonds is 10. The Morgan fingerprint density at radius 1 is 1.00 bits per heavy atom. The molecule has 0 spiro atoms. The molecule has 1 atom stereocenters. The van der Waals surface area contributed by atoms with E-state index in [9.17, 15) is 22.4 Å². The first-order chi connectivity index (χ1) is 18.7. The summed E-state index contributed by atoms with van der Waals surface area (Å²) in [6, 6.07) is 17.3. The van der Waals surface area contributed by atoms with E-state index in [0.29, 0.717) is 16.1 Å². The van der Waals surface area contributed by atoms with Crippen LogP contribution in [0.25, 0.3) is 0 Å². The molecule has 7 nitrogen and oxygen atoms in total. The van der Waals surface area contributed by atoms with E-state index in [1.807, 2.05) is 20.8 Å². The van der Waals surface area contributed by atoms with Gasteiger partial charge in [0.1, 0.15) is 18.4 Å². The lowest BCUT2D eigenvalue weighted by molar-refractivity contribution is -0.141. The molecule has 0 aliphatic carbocycles. The van der Waals surface area contributed by atoms with Crippen molar-refractivity contribution in [3.8, 4) is 0 Å². The molecule has 0 bridgehead atoms. The highest BCUT2D eigenvalue weighted by molar-refractivity contribution is 7.92. The number of aryl methyl sites for hydroxylation is 1. The molecule has 0 aliphatic heterocycles. The number of halogens is 2. The van der Waals surface area contributed by atoms with Crippen LogP contribution in [-0.4, -0.2) is 43.3 Å². The van der Waals surface area contributed by atoms with E-state index in [1.54, 1.807) is 44.2 Å². The number of benzene rings is 3. The number of carbonyl (C=O) groups is 2. The smallest absolute Gasteiger partial charge is 0.264 e. The van der Waals surface area contributed by atoms with Crippen LogP contribution < -0.4 is 9.62 Å². The first kappa shape index (κ1) is 31.1. The highest BCUT2D eigenvalue weighted by Gasteiger charge is 2.35. The van der Waals surface area contributed by atoms with Crippen molar-refractivity contribution in [2.75, 3.05) is 10.8 Å². The predicted octanol–water partition coefficient (Wildman–Crippen LogP) is 5.70. The molecule has 0 unspecified atom stereocenters. The molecule has 10 heteroatoms. The second-order valence-electron chi connectivity index (χ2n) is 10.6. The van der Waals surface area contributed by atoms with Crippen LogP contribution in [0, 0.1) is 12.7 Å². The van der Waals surface area contributed by atoms with E-state index in [2.05, 4.69) is 5.32 Å². The average molecular weight is 588 g/mol. The molecule has 3 aromatic rings. The maximum atomic E-state index is 14.1. The van der Waals surface area contributed by atoms with Crippen molar-refractivity contribution in [3.05, 3.63) is 94.8 Å². The molecule has 3 rings (SSSR count). The van der Waals surface area contributed by atoms with Crippen molar-refractivity contribution in [1.82, 2.24) is 10.2 Å². The maximum absolute atomic E-state index is 14.1. The molecule has 3 aromatic carbocycles. The number of nitrogens with zero attached hydrogens (tertiary/aromatic N) is 2. The first-order valence-electron chi connectivity index (χ1n) is 12.9. The highest BCUT2D eigenvalue weighted by Crippen LogP contribution is 2.30. The predicted molar refractivity (Wildman–Crippen MR) is 156 cm³/mol. The van der Waals surface area contributed by atoms with Crippen molar-refractivity contribution in [3.63, 3.8) is 0 Å². The molecule has 0 aromatic heterocycles. The molecule has 0 radical (unpaired) electrons. The molecule has 2 amide bonds. The molecule has 0 fully saturated rings. The van der Waals surface area contributed by atoms with Crippen LogP contribution in [0.4, 0.5) is 10.1 Å². The minimum Gasteiger partial charge on any atom is -0.350 e. The number of carbonyl (C=O) groups excluding carboxylic acids is 2. The van der Waals surface area contributed by atoms with E-state index in [-0.39, 0.29) is 29.5 Å². The zero-order chi connectivity index (χ0) is 29.7. The number of hydrogen-bond donors (Lipinski definition) is 1. The van der Waals surface area contributed by atoms with Crippen LogP contribution in [-0.2, 0) is 26.2 Å². The van der Waals surface area contributed by atoms with Crippen molar-refractivity contribution >= 4 is 39.1 Å². The minimum atomic E-state index is -4.20. The minimum absolute atomic E-state index is 0.00442. The fraction of sp³-hybridized carbons (Fsp3) is 0.333. The largest absolute Gasteiger partial charge is 0.350 e. The Balaban J connectivity index is 2.10. The maximum Gasteiger partial charge on any atom is 0.264 e. The quantitative estimate of drug-likeness (QED) is 0.329. The summed E-state index contributed by atoms with van der Waals surface area (Å²) in [6.07, 6.45) is 0.274. The van der Waals surface area contributed by atoms with E-state index in [0.717, 1.165) is 4.31 Å². The molecule has 40 heavy (non-hydrogen) atoms. The van der Waals surface area contributed by atoms with E-state index in [4.69, 9.17) is 11.6 Å². The Labute approximate surface area is 241 Å². The van der Waals surface area contributed by atoms with Gasteiger partial charge in [0.15, 0.2) is 0 Å². The Bertz CT molecular complexity index is 1440. The van der Waals surface area contributed by atoms with Gasteiger partial charge in [-0.1, -0.05) is 54.9 Å². The normalized spacial score (nSPS) is 12.5. The number of nitrogens with one attached hydrogen (secondary N) is 1. The molecule has 214 valence electrons. The summed E-state index contributed by atoms with van der Waals surface area (Å²) in [4.78, 5) is 28.8. The van der Waals surface area contributed by atoms with Crippen LogP contribution in [0.2, 0.25) is 5.02 Å². The van der Waals surface area contributed by atoms with Gasteiger partial charge in [-0.3, -0.25) is 13.9 Å². The third-order valence-electron chi connectivity index (χ3n) is 6.20. The average Bonchev–Trinajstić information content (AvgIpc) is 2.89. The molecule has 0 aliphatic rings. The number of anilines is 1. The van der Waals surface area contributed by atoms with Crippen LogP contribution in [0.5, 0.6) is 0 Å². The lowest BCUT2D eigenvalue weighted by Gasteiger charge is -2.35. The topological polar surface area (TPSA) is 86.8 Å². The Morgan fingerprint density at radius 2 is 1.62 bits per heavy atom. The summed E-state index contributed by atoms with van der Waals surface area (Å²) in [6.45, 7) is 8.39. The van der Waals surface area contributed by atoms with Gasteiger partial charge < -0.3 is 10.2 Å². The Kier molecular flexibility index (Phi) is 9.97. The van der Waals surface area contributed by atoms with Gasteiger partial charge in [-0.05, 0) is 81.6 Å². The van der Waals surface area contributed by atoms with Gasteiger partial charge in [-0.25, -0.2) is 12.8 Å². The molecule has 0 heterocycles. The van der Waals surface area contributed by atoms with Gasteiger partial charge in [-0.2, -0.15) is 0 Å². The van der Waals surface area contributed by atoms with Gasteiger partial charge in [-0.15, -0.1) is 0 Å². The molecular formula is C30H35ClFN3O4S. The van der Waals surface area contributed by atoms with Gasteiger partial charge in [0.25, 0.3) is 10.0 Å². The first-order valence-corrected chi connectivity index (χ1v) is 14.7. The number of sulfonamides is 1. The summed E-state index contributed by atoms with van der Waals surface area (Å²) >= 11 is 6.25. The summed E-state index contributed by atoms with van der Waals surface area (Å²) in [5, 5.41) is 3.22. The van der Waals surface area contributed by atoms with Crippen LogP contribution in [0.3, 0.4) is 0 Å². The number of hydrogen-bond acceptors (Lipinski definition) is 4. The van der Waals surface area contributed by atoms with Gasteiger partial charge in [0, 0.05) is 17.1 Å². The van der Waals surface area contributed by atoms with Crippen LogP contribution in [0.15, 0.2) is 77.7 Å². The van der Waals surface area contributed by atoms with Gasteiger partial charge >= 0.3 is 0 Å². The van der Waals surface area contributed by atoms with Crippen LogP contribution >= 0.6 is 11.6 Å². The standard InChI is InChI=1S/C30H35ClFN3O4S/c1-6-26(29(37)33-30(3,4)5)34(19-22-13-16-24(32)17-14-22)28(36)20-35(27-18-23(31)15-12-21(27)2)40(38,39)25-10-8-7-9-11-25/h7-18,26H,6,19-20H2,1-5H3,(H,33,37)/t26-/m1/s1. The van der Waals surface area contributed by atoms with Crippen molar-refractivity contribution < 1.29 is 22.4 Å². The lowest BCUT2D eigenvalue weighted by Crippen LogP contribution is -2.55. The summed E-state index contributed by atoms with van der Waals surface area (Å²) in [5.41, 5.74) is 0.876. The summed E-state index contributed by atoms with van der Waals surface area (Å²) < 4.78 is 42.4. The summed E-state index contributed by atoms with van der Waals surface area (Å²) in [7, 11) is -4.20. The monoisotopic (exact) mass is 587 g/mol. The van der Waals surface area contributed by atoms with Crippen molar-refractivity contribution in [1.29, 1.82) is 0 Å². The lowest BCUT2D eigenvalue weighted by atomic mass is 10.1. The summed E-state index contributed by atoms with van der Waals surface area (Å²) in [5.74, 6) is -1.41. The van der Waals surface area contributed by atoms with Gasteiger partial charge in [0.05, 0.1) is 10.6 Å². The number of amides is 2. The third kappa shape index (κ3) is 7.82. The SMILES string of the molecule is CC[C@H](C(=O)NC(C)(C)C)N(Cc1ccc(F)cc1)C(=O)CN(c1cc(Cl)ccc1C)S(=O)(=O)c1ccccc1. The second kappa shape index (κ2) is 12.8. The third-order valence-corrected chi connectivity index (χ3v) is 8.21. The Hall–Kier alpha value is -3.43. The van der Waals surface area contributed by atoms with Crippen molar-refractivity contribution in [2.45, 2.75) is 64.1 Å². The second-order valence-corrected chi connectivity index (χ2v) is 12.9. The molecular weight excluding hydrogens is 553 g/mol. The van der Waals surface area contributed by atoms with Gasteiger partial charge in [0.2, 0.25) is 11.8 Å². The zero-order valence-electron chi connectivity index (χ0n) is 23.3. The van der Waals surface area contributed by atoms with E-state index >= 15 is 0 Å². The van der Waals surface area contributed by atoms with E-state index in [1.165, 1.54) is 47.4 Å². The fourth-order valence-electron chi connectivity index (χ4n) is 4.24. The zero-order valence-corrected chi connectivity index (χ0v) is 24.9. The fourth-order valence-corrected chi connectivity index (χ4v) is 5.90. The van der Waals surface area contributed by atoms with Crippen molar-refractivity contribution in [2.24, 2.45) is 0 Å². The van der Waals surface area contributed by atoms with Crippen LogP contribution in [0.1, 0.15) is 45.2 Å². The molecule has 1 N–H and O–H groups in total. The van der Waals surface area contributed by atoms with E-state index < -0.39 is 39.9 Å². The molecule has 0 saturated heterocycles.